The normalized spacial score (nSPS) is 10.5. The number of carbonyl (C=O) groups excluding carboxylic acids is 1. The van der Waals surface area contributed by atoms with Gasteiger partial charge in [-0.3, -0.25) is 4.79 Å². The summed E-state index contributed by atoms with van der Waals surface area (Å²) in [5, 5.41) is 6.60. The van der Waals surface area contributed by atoms with E-state index in [1.807, 2.05) is 18.2 Å². The average Bonchev–Trinajstić information content (AvgIpc) is 3.11. The van der Waals surface area contributed by atoms with E-state index in [4.69, 9.17) is 9.26 Å². The zero-order chi connectivity index (χ0) is 17.6. The van der Waals surface area contributed by atoms with Crippen molar-refractivity contribution < 1.29 is 18.4 Å². The molecule has 0 aliphatic rings. The van der Waals surface area contributed by atoms with Gasteiger partial charge in [0.2, 0.25) is 17.6 Å². The number of hydrogen-bond acceptors (Lipinski definition) is 5. The predicted octanol–water partition coefficient (Wildman–Crippen LogP) is 3.46. The number of rotatable bonds is 6. The Labute approximate surface area is 143 Å². The molecule has 6 nitrogen and oxygen atoms in total. The summed E-state index contributed by atoms with van der Waals surface area (Å²) >= 11 is 0. The lowest BCUT2D eigenvalue weighted by Crippen LogP contribution is -2.12. The predicted molar refractivity (Wildman–Crippen MR) is 89.6 cm³/mol. The fourth-order valence-corrected chi connectivity index (χ4v) is 2.21. The van der Waals surface area contributed by atoms with Crippen molar-refractivity contribution in [2.45, 2.75) is 12.8 Å². The lowest BCUT2D eigenvalue weighted by molar-refractivity contribution is -0.116. The Kier molecular flexibility index (Phi) is 5.03. The lowest BCUT2D eigenvalue weighted by Gasteiger charge is -2.03. The molecule has 0 bridgehead atoms. The molecule has 0 aliphatic carbocycles. The number of ether oxygens (including phenoxy) is 1. The van der Waals surface area contributed by atoms with Crippen molar-refractivity contribution in [2.24, 2.45) is 0 Å². The second-order valence-corrected chi connectivity index (χ2v) is 5.30. The Hall–Kier alpha value is -3.22. The molecule has 0 saturated heterocycles. The van der Waals surface area contributed by atoms with E-state index in [1.165, 1.54) is 24.3 Å². The van der Waals surface area contributed by atoms with Gasteiger partial charge in [0.05, 0.1) is 7.11 Å². The van der Waals surface area contributed by atoms with Crippen LogP contribution in [0.25, 0.3) is 11.4 Å². The number of nitrogens with zero attached hydrogens (tertiary/aromatic N) is 2. The van der Waals surface area contributed by atoms with Crippen molar-refractivity contribution >= 4 is 11.6 Å². The average molecular weight is 341 g/mol. The van der Waals surface area contributed by atoms with E-state index in [2.05, 4.69) is 15.5 Å². The molecule has 1 heterocycles. The monoisotopic (exact) mass is 341 g/mol. The topological polar surface area (TPSA) is 77.2 Å². The molecule has 2 aromatic carbocycles. The van der Waals surface area contributed by atoms with Crippen LogP contribution in [0.1, 0.15) is 12.3 Å². The van der Waals surface area contributed by atoms with Gasteiger partial charge in [-0.2, -0.15) is 4.98 Å². The quantitative estimate of drug-likeness (QED) is 0.743. The summed E-state index contributed by atoms with van der Waals surface area (Å²) in [4.78, 5) is 16.2. The number of hydrogen-bond donors (Lipinski definition) is 1. The Morgan fingerprint density at radius 1 is 1.24 bits per heavy atom. The molecule has 0 atom stereocenters. The summed E-state index contributed by atoms with van der Waals surface area (Å²) in [6.07, 6.45) is 0.487. The van der Waals surface area contributed by atoms with E-state index < -0.39 is 0 Å². The summed E-state index contributed by atoms with van der Waals surface area (Å²) in [6, 6.07) is 12.9. The number of amides is 1. The Bertz CT molecular complexity index is 862. The van der Waals surface area contributed by atoms with Gasteiger partial charge in [-0.05, 0) is 36.4 Å². The van der Waals surface area contributed by atoms with Gasteiger partial charge < -0.3 is 14.6 Å². The largest absolute Gasteiger partial charge is 0.497 e. The zero-order valence-electron chi connectivity index (χ0n) is 13.5. The highest BCUT2D eigenvalue weighted by Crippen LogP contribution is 2.21. The fraction of sp³-hybridized carbons (Fsp3) is 0.167. The summed E-state index contributed by atoms with van der Waals surface area (Å²) in [5.41, 5.74) is 1.30. The van der Waals surface area contributed by atoms with Crippen LogP contribution in [0.3, 0.4) is 0 Å². The Morgan fingerprint density at radius 3 is 2.80 bits per heavy atom. The maximum Gasteiger partial charge on any atom is 0.227 e. The van der Waals surface area contributed by atoms with Crippen molar-refractivity contribution in [1.29, 1.82) is 0 Å². The van der Waals surface area contributed by atoms with Crippen LogP contribution in [0.15, 0.2) is 53.1 Å². The molecule has 25 heavy (non-hydrogen) atoms. The van der Waals surface area contributed by atoms with E-state index in [-0.39, 0.29) is 18.1 Å². The van der Waals surface area contributed by atoms with Gasteiger partial charge >= 0.3 is 0 Å². The molecule has 0 spiro atoms. The smallest absolute Gasteiger partial charge is 0.227 e. The standard InChI is InChI=1S/C18H16FN3O3/c1-24-15-4-2-3-12(11-15)18-21-17(25-22-18)10-9-16(23)20-14-7-5-13(19)6-8-14/h2-8,11H,9-10H2,1H3,(H,20,23). The van der Waals surface area contributed by atoms with E-state index in [1.54, 1.807) is 13.2 Å². The third-order valence-electron chi connectivity index (χ3n) is 3.49. The molecule has 0 radical (unpaired) electrons. The minimum atomic E-state index is -0.353. The number of anilines is 1. The van der Waals surface area contributed by atoms with Gasteiger partial charge in [-0.25, -0.2) is 4.39 Å². The SMILES string of the molecule is COc1cccc(-c2noc(CCC(=O)Nc3ccc(F)cc3)n2)c1. The molecule has 0 fully saturated rings. The molecule has 0 saturated carbocycles. The van der Waals surface area contributed by atoms with Crippen LogP contribution >= 0.6 is 0 Å². The molecule has 1 N–H and O–H groups in total. The molecule has 1 aromatic heterocycles. The molecule has 0 unspecified atom stereocenters. The van der Waals surface area contributed by atoms with Crippen molar-refractivity contribution in [3.05, 3.63) is 60.2 Å². The van der Waals surface area contributed by atoms with Crippen LogP contribution in [0, 0.1) is 5.82 Å². The number of nitrogens with one attached hydrogen (secondary N) is 1. The maximum atomic E-state index is 12.8. The van der Waals surface area contributed by atoms with E-state index >= 15 is 0 Å². The van der Waals surface area contributed by atoms with Crippen molar-refractivity contribution in [1.82, 2.24) is 10.1 Å². The maximum absolute atomic E-state index is 12.8. The molecular weight excluding hydrogens is 325 g/mol. The third kappa shape index (κ3) is 4.41. The fourth-order valence-electron chi connectivity index (χ4n) is 2.21. The zero-order valence-corrected chi connectivity index (χ0v) is 13.5. The van der Waals surface area contributed by atoms with Crippen molar-refractivity contribution in [2.75, 3.05) is 12.4 Å². The summed E-state index contributed by atoms with van der Waals surface area (Å²) in [5.74, 6) is 0.934. The van der Waals surface area contributed by atoms with Gasteiger partial charge in [0.25, 0.3) is 0 Å². The number of benzene rings is 2. The number of halogens is 1. The minimum absolute atomic E-state index is 0.178. The second kappa shape index (κ2) is 7.57. The van der Waals surface area contributed by atoms with Gasteiger partial charge in [0, 0.05) is 24.1 Å². The molecule has 1 amide bonds. The van der Waals surface area contributed by atoms with Gasteiger partial charge in [0.15, 0.2) is 0 Å². The molecule has 3 aromatic rings. The lowest BCUT2D eigenvalue weighted by atomic mass is 10.2. The van der Waals surface area contributed by atoms with Crippen LogP contribution in [0.4, 0.5) is 10.1 Å². The van der Waals surface area contributed by atoms with Gasteiger partial charge in [-0.1, -0.05) is 17.3 Å². The summed E-state index contributed by atoms with van der Waals surface area (Å²) in [7, 11) is 1.58. The number of aromatic nitrogens is 2. The first kappa shape index (κ1) is 16.6. The first-order valence-corrected chi connectivity index (χ1v) is 7.66. The van der Waals surface area contributed by atoms with Crippen molar-refractivity contribution in [3.8, 4) is 17.1 Å². The van der Waals surface area contributed by atoms with Crippen molar-refractivity contribution in [3.63, 3.8) is 0 Å². The highest BCUT2D eigenvalue weighted by atomic mass is 19.1. The van der Waals surface area contributed by atoms with E-state index in [9.17, 15) is 9.18 Å². The van der Waals surface area contributed by atoms with Gasteiger partial charge in [-0.15, -0.1) is 0 Å². The molecular formula is C18H16FN3O3. The molecule has 0 aliphatic heterocycles. The minimum Gasteiger partial charge on any atom is -0.497 e. The first-order valence-electron chi connectivity index (χ1n) is 7.66. The first-order chi connectivity index (χ1) is 12.1. The number of aryl methyl sites for hydroxylation is 1. The highest BCUT2D eigenvalue weighted by molar-refractivity contribution is 5.90. The van der Waals surface area contributed by atoms with Crippen LogP contribution in [-0.4, -0.2) is 23.2 Å². The van der Waals surface area contributed by atoms with Crippen LogP contribution in [0.5, 0.6) is 5.75 Å². The molecule has 128 valence electrons. The third-order valence-corrected chi connectivity index (χ3v) is 3.49. The molecule has 7 heteroatoms. The Morgan fingerprint density at radius 2 is 2.04 bits per heavy atom. The highest BCUT2D eigenvalue weighted by Gasteiger charge is 2.11. The number of carbonyl (C=O) groups is 1. The van der Waals surface area contributed by atoms with Gasteiger partial charge in [0.1, 0.15) is 11.6 Å². The second-order valence-electron chi connectivity index (χ2n) is 5.30. The number of methoxy groups -OCH3 is 1. The Balaban J connectivity index is 1.57. The molecule has 3 rings (SSSR count). The summed E-state index contributed by atoms with van der Waals surface area (Å²) < 4.78 is 23.2. The van der Waals surface area contributed by atoms with Crippen LogP contribution < -0.4 is 10.1 Å². The summed E-state index contributed by atoms with van der Waals surface area (Å²) in [6.45, 7) is 0. The van der Waals surface area contributed by atoms with Crippen LogP contribution in [-0.2, 0) is 11.2 Å². The van der Waals surface area contributed by atoms with E-state index in [0.717, 1.165) is 5.56 Å². The van der Waals surface area contributed by atoms with Crippen LogP contribution in [0.2, 0.25) is 0 Å². The van der Waals surface area contributed by atoms with E-state index in [0.29, 0.717) is 29.6 Å².